The summed E-state index contributed by atoms with van der Waals surface area (Å²) < 4.78 is 13.9. The lowest BCUT2D eigenvalue weighted by atomic mass is 9.76. The number of unbranched alkanes of at least 4 members (excludes halogenated alkanes) is 2. The molecule has 5 heteroatoms. The van der Waals surface area contributed by atoms with Crippen molar-refractivity contribution in [1.82, 2.24) is 0 Å². The molecule has 0 saturated carbocycles. The molecule has 0 radical (unpaired) electrons. The summed E-state index contributed by atoms with van der Waals surface area (Å²) in [7, 11) is 0. The summed E-state index contributed by atoms with van der Waals surface area (Å²) in [5.41, 5.74) is 1.81. The predicted molar refractivity (Wildman–Crippen MR) is 102 cm³/mol. The Morgan fingerprint density at radius 1 is 1.24 bits per heavy atom. The van der Waals surface area contributed by atoms with Crippen molar-refractivity contribution in [3.8, 4) is 11.5 Å². The van der Waals surface area contributed by atoms with Crippen LogP contribution in [0, 0.1) is 5.92 Å². The van der Waals surface area contributed by atoms with Crippen LogP contribution in [0.1, 0.15) is 63.0 Å². The molecule has 0 saturated heterocycles. The number of allylic oxidation sites excluding steroid dienone is 3. The average molecular weight is 387 g/mol. The molecule has 0 unspecified atom stereocenters. The summed E-state index contributed by atoms with van der Waals surface area (Å²) in [6.45, 7) is 7.46. The first-order chi connectivity index (χ1) is 11.8. The van der Waals surface area contributed by atoms with Gasteiger partial charge in [0.1, 0.15) is 11.5 Å². The van der Waals surface area contributed by atoms with E-state index in [0.29, 0.717) is 18.4 Å². The maximum atomic E-state index is 13.9. The number of phenolic OH excluding ortho intramolecular Hbond substituents is 2. The molecule has 0 bridgehead atoms. The van der Waals surface area contributed by atoms with Gasteiger partial charge in [0.25, 0.3) is 0 Å². The molecule has 0 spiro atoms. The lowest BCUT2D eigenvalue weighted by Gasteiger charge is -2.30. The second-order valence-electron chi connectivity index (χ2n) is 6.81. The van der Waals surface area contributed by atoms with Crippen molar-refractivity contribution in [3.63, 3.8) is 0 Å². The van der Waals surface area contributed by atoms with E-state index in [9.17, 15) is 14.6 Å². The maximum Gasteiger partial charge on any atom is 0.142 e. The van der Waals surface area contributed by atoms with E-state index in [2.05, 4.69) is 13.5 Å². The Balaban J connectivity index is 2.54. The number of aromatic hydroxyl groups is 2. The van der Waals surface area contributed by atoms with Gasteiger partial charge >= 0.3 is 0 Å². The van der Waals surface area contributed by atoms with Crippen molar-refractivity contribution in [2.75, 3.05) is 0 Å². The second-order valence-corrected chi connectivity index (χ2v) is 7.56. The van der Waals surface area contributed by atoms with Crippen molar-refractivity contribution < 1.29 is 14.6 Å². The lowest BCUT2D eigenvalue weighted by Crippen LogP contribution is -2.17. The van der Waals surface area contributed by atoms with Crippen LogP contribution >= 0.6 is 23.2 Å². The molecular formula is C20H25Cl2FO2. The second kappa shape index (κ2) is 8.46. The third kappa shape index (κ3) is 4.15. The summed E-state index contributed by atoms with van der Waals surface area (Å²) in [5.74, 6) is -1.94. The van der Waals surface area contributed by atoms with Crippen molar-refractivity contribution in [2.24, 2.45) is 5.92 Å². The predicted octanol–water partition coefficient (Wildman–Crippen LogP) is 7.06. The van der Waals surface area contributed by atoms with Crippen molar-refractivity contribution in [3.05, 3.63) is 45.2 Å². The first-order valence-electron chi connectivity index (χ1n) is 8.72. The van der Waals surface area contributed by atoms with Crippen molar-refractivity contribution >= 4 is 23.2 Å². The lowest BCUT2D eigenvalue weighted by molar-refractivity contribution is 0.371. The first kappa shape index (κ1) is 20.1. The van der Waals surface area contributed by atoms with Gasteiger partial charge in [-0.25, -0.2) is 4.39 Å². The normalized spacial score (nSPS) is 20.4. The summed E-state index contributed by atoms with van der Waals surface area (Å²) >= 11 is 12.7. The van der Waals surface area contributed by atoms with Crippen LogP contribution in [-0.4, -0.2) is 10.2 Å². The zero-order valence-corrected chi connectivity index (χ0v) is 16.2. The van der Waals surface area contributed by atoms with Gasteiger partial charge in [-0.15, -0.1) is 0 Å². The Hall–Kier alpha value is -1.19. The van der Waals surface area contributed by atoms with Crippen molar-refractivity contribution in [2.45, 2.75) is 58.3 Å². The fourth-order valence-corrected chi connectivity index (χ4v) is 4.15. The van der Waals surface area contributed by atoms with Gasteiger partial charge < -0.3 is 10.2 Å². The molecule has 2 nitrogen and oxygen atoms in total. The molecule has 0 fully saturated rings. The van der Waals surface area contributed by atoms with E-state index < -0.39 is 17.7 Å². The molecule has 1 aromatic carbocycles. The number of halogens is 3. The van der Waals surface area contributed by atoms with Gasteiger partial charge in [-0.2, -0.15) is 0 Å². The topological polar surface area (TPSA) is 40.5 Å². The summed E-state index contributed by atoms with van der Waals surface area (Å²) in [4.78, 5) is 0. The minimum atomic E-state index is -0.536. The molecule has 1 aliphatic rings. The molecule has 1 aliphatic carbocycles. The quantitative estimate of drug-likeness (QED) is 0.405. The third-order valence-corrected chi connectivity index (χ3v) is 5.78. The van der Waals surface area contributed by atoms with Gasteiger partial charge in [0.2, 0.25) is 0 Å². The van der Waals surface area contributed by atoms with E-state index in [1.54, 1.807) is 0 Å². The number of phenols is 2. The minimum absolute atomic E-state index is 0.147. The Morgan fingerprint density at radius 3 is 2.36 bits per heavy atom. The minimum Gasteiger partial charge on any atom is -0.506 e. The number of benzene rings is 1. The van der Waals surface area contributed by atoms with Gasteiger partial charge in [0, 0.05) is 17.4 Å². The highest BCUT2D eigenvalue weighted by atomic mass is 35.5. The van der Waals surface area contributed by atoms with Gasteiger partial charge in [0.05, 0.1) is 15.9 Å². The average Bonchev–Trinajstić information content (AvgIpc) is 2.56. The largest absolute Gasteiger partial charge is 0.506 e. The Morgan fingerprint density at radius 2 is 1.84 bits per heavy atom. The third-order valence-electron chi connectivity index (χ3n) is 4.97. The van der Waals surface area contributed by atoms with E-state index in [4.69, 9.17) is 23.2 Å². The van der Waals surface area contributed by atoms with E-state index >= 15 is 0 Å². The number of hydrogen-bond donors (Lipinski definition) is 2. The summed E-state index contributed by atoms with van der Waals surface area (Å²) in [6.07, 6.45) is 6.65. The van der Waals surface area contributed by atoms with Crippen LogP contribution in [-0.2, 0) is 6.42 Å². The zero-order chi connectivity index (χ0) is 18.7. The first-order valence-corrected chi connectivity index (χ1v) is 9.48. The van der Waals surface area contributed by atoms with Crippen LogP contribution in [0.2, 0.25) is 10.0 Å². The standard InChI is InChI=1S/C20H25Cl2FO2/c1-4-5-6-7-14-17(21)19(24)16(20(25)18(14)22)15-10-11(2)8-9-13(15)12(3)23/h10,13,15,24-25H,3-9H2,1-2H3/t13-,15+/m0/s1. The molecule has 0 aromatic heterocycles. The maximum absolute atomic E-state index is 13.9. The van der Waals surface area contributed by atoms with E-state index in [0.717, 1.165) is 31.3 Å². The van der Waals surface area contributed by atoms with Gasteiger partial charge in [-0.3, -0.25) is 0 Å². The highest BCUT2D eigenvalue weighted by molar-refractivity contribution is 6.38. The molecule has 25 heavy (non-hydrogen) atoms. The highest BCUT2D eigenvalue weighted by Crippen LogP contribution is 2.52. The number of hydrogen-bond acceptors (Lipinski definition) is 2. The van der Waals surface area contributed by atoms with Gasteiger partial charge in [-0.1, -0.05) is 61.2 Å². The number of rotatable bonds is 6. The smallest absolute Gasteiger partial charge is 0.142 e. The van der Waals surface area contributed by atoms with Crippen LogP contribution < -0.4 is 0 Å². The molecule has 0 amide bonds. The molecule has 0 aliphatic heterocycles. The van der Waals surface area contributed by atoms with Crippen LogP contribution in [0.4, 0.5) is 4.39 Å². The SMILES string of the molecule is C=C(F)[C@@H]1CCC(C)=C[C@H]1c1c(O)c(Cl)c(CCCCC)c(Cl)c1O. The molecule has 1 aromatic rings. The summed E-state index contributed by atoms with van der Waals surface area (Å²) in [5, 5.41) is 21.6. The van der Waals surface area contributed by atoms with Crippen LogP contribution in [0.3, 0.4) is 0 Å². The van der Waals surface area contributed by atoms with E-state index in [1.807, 2.05) is 13.0 Å². The molecular weight excluding hydrogens is 362 g/mol. The van der Waals surface area contributed by atoms with E-state index in [-0.39, 0.29) is 27.1 Å². The van der Waals surface area contributed by atoms with Crippen molar-refractivity contribution in [1.29, 1.82) is 0 Å². The van der Waals surface area contributed by atoms with Crippen LogP contribution in [0.15, 0.2) is 24.1 Å². The zero-order valence-electron chi connectivity index (χ0n) is 14.7. The van der Waals surface area contributed by atoms with Gasteiger partial charge in [0.15, 0.2) is 0 Å². The van der Waals surface area contributed by atoms with E-state index in [1.165, 1.54) is 0 Å². The van der Waals surface area contributed by atoms with Crippen LogP contribution in [0.25, 0.3) is 0 Å². The molecule has 2 N–H and O–H groups in total. The Bertz CT molecular complexity index is 668. The van der Waals surface area contributed by atoms with Crippen LogP contribution in [0.5, 0.6) is 11.5 Å². The molecule has 138 valence electrons. The fourth-order valence-electron chi connectivity index (χ4n) is 3.52. The molecule has 2 atom stereocenters. The molecule has 2 rings (SSSR count). The highest BCUT2D eigenvalue weighted by Gasteiger charge is 2.34. The Labute approximate surface area is 159 Å². The summed E-state index contributed by atoms with van der Waals surface area (Å²) in [6, 6.07) is 0. The monoisotopic (exact) mass is 386 g/mol. The Kier molecular flexibility index (Phi) is 6.81. The van der Waals surface area contributed by atoms with Gasteiger partial charge in [-0.05, 0) is 38.2 Å². The molecule has 0 heterocycles. The fraction of sp³-hybridized carbons (Fsp3) is 0.500.